The van der Waals surface area contributed by atoms with E-state index >= 15 is 0 Å². The first-order valence-corrected chi connectivity index (χ1v) is 18.9. The van der Waals surface area contributed by atoms with Crippen LogP contribution in [0.15, 0.2) is 22.1 Å². The van der Waals surface area contributed by atoms with Crippen molar-refractivity contribution in [3.05, 3.63) is 44.8 Å². The highest BCUT2D eigenvalue weighted by molar-refractivity contribution is 7.98. The molecule has 0 fully saturated rings. The van der Waals surface area contributed by atoms with Crippen LogP contribution in [0.1, 0.15) is 52.6 Å². The number of carboxylic acid groups (broad SMARTS) is 1. The molecule has 3 rings (SSSR count). The van der Waals surface area contributed by atoms with Crippen molar-refractivity contribution in [2.45, 2.75) is 70.6 Å². The quantitative estimate of drug-likeness (QED) is 0.0576. The number of carbonyl (C=O) groups excluding carboxylic acids is 1. The molecule has 0 aliphatic rings. The molecule has 2 heterocycles. The molecule has 0 bridgehead atoms. The molecule has 6 N–H and O–H groups in total. The minimum absolute atomic E-state index is 0.0424. The topological polar surface area (TPSA) is 236 Å². The highest BCUT2D eigenvalue weighted by Crippen LogP contribution is 2.31. The van der Waals surface area contributed by atoms with Crippen molar-refractivity contribution in [3.63, 3.8) is 0 Å². The highest BCUT2D eigenvalue weighted by Gasteiger charge is 2.24. The van der Waals surface area contributed by atoms with Crippen molar-refractivity contribution in [3.8, 4) is 5.69 Å². The number of hydrogen-bond donors (Lipinski definition) is 6. The lowest BCUT2D eigenvalue weighted by molar-refractivity contribution is -0.142. The Labute approximate surface area is 311 Å². The molecule has 1 unspecified atom stereocenters. The second-order valence-corrected chi connectivity index (χ2v) is 14.6. The molecule has 0 aliphatic carbocycles. The second kappa shape index (κ2) is 21.3. The summed E-state index contributed by atoms with van der Waals surface area (Å²) >= 11 is 13.4. The van der Waals surface area contributed by atoms with E-state index in [1.165, 1.54) is 18.7 Å². The van der Waals surface area contributed by atoms with Crippen LogP contribution in [0.5, 0.6) is 0 Å². The SMILES string of the molecule is CCNc1nc(NC(C)(C)C)nc(SC)n1.CCOC(=O)C(Cl)Cc1cc(-n2nc(C)n(C(F)F)c2=O)c(F)cc1Cl.O=C(O)CNCP(=O)(O)O. The normalized spacial score (nSPS) is 11.9. The van der Waals surface area contributed by atoms with Gasteiger partial charge in [-0.15, -0.1) is 16.7 Å². The third kappa shape index (κ3) is 16.5. The molecule has 1 aromatic carbocycles. The number of benzene rings is 1. The number of carboxylic acids is 1. The predicted molar refractivity (Wildman–Crippen MR) is 190 cm³/mol. The number of alkyl halides is 3. The average molecular weight is 823 g/mol. The van der Waals surface area contributed by atoms with Crippen LogP contribution >= 0.6 is 42.6 Å². The number of anilines is 2. The third-order valence-corrected chi connectivity index (χ3v) is 7.54. The first-order valence-electron chi connectivity index (χ1n) is 15.1. The molecule has 3 aromatic rings. The first-order chi connectivity index (χ1) is 24.0. The summed E-state index contributed by atoms with van der Waals surface area (Å²) in [6.45, 7) is 8.39. The first kappa shape index (κ1) is 46.6. The fourth-order valence-corrected chi connectivity index (χ4v) is 4.87. The molecule has 17 nitrogen and oxygen atoms in total. The maximum atomic E-state index is 14.2. The van der Waals surface area contributed by atoms with Gasteiger partial charge in [-0.05, 0) is 65.5 Å². The molecule has 292 valence electrons. The molecule has 1 atom stereocenters. The van der Waals surface area contributed by atoms with E-state index in [1.807, 2.05) is 13.2 Å². The van der Waals surface area contributed by atoms with Crippen molar-refractivity contribution < 1.29 is 47.0 Å². The smallest absolute Gasteiger partial charge is 0.355 e. The van der Waals surface area contributed by atoms with Gasteiger partial charge in [0.1, 0.15) is 16.9 Å². The number of nitrogens with zero attached hydrogens (tertiary/aromatic N) is 6. The van der Waals surface area contributed by atoms with E-state index in [2.05, 4.69) is 56.8 Å². The zero-order chi connectivity index (χ0) is 40.0. The largest absolute Gasteiger partial charge is 0.480 e. The Kier molecular flexibility index (Phi) is 19.1. The summed E-state index contributed by atoms with van der Waals surface area (Å²) in [5.41, 5.74) is -1.42. The number of rotatable bonds is 14. The number of hydrogen-bond acceptors (Lipinski definition) is 13. The van der Waals surface area contributed by atoms with Crippen LogP contribution in [-0.2, 0) is 25.3 Å². The van der Waals surface area contributed by atoms with Crippen LogP contribution in [0.3, 0.4) is 0 Å². The zero-order valence-electron chi connectivity index (χ0n) is 29.2. The Morgan fingerprint density at radius 3 is 2.23 bits per heavy atom. The number of aliphatic carboxylic acids is 1. The fourth-order valence-electron chi connectivity index (χ4n) is 3.65. The summed E-state index contributed by atoms with van der Waals surface area (Å²) < 4.78 is 55.5. The Morgan fingerprint density at radius 1 is 1.13 bits per heavy atom. The standard InChI is InChI=1S/C15H14Cl2F3N3O3.C10H19N5S.C3H8NO5P/c1-3-26-13(24)10(17)4-8-5-12(11(18)6-9(8)16)23-15(25)22(14(19)20)7(2)21-23;1-6-11-7-12-8(15-10(2,3)4)14-9(13-7)16-5;5-3(6)1-4-2-10(7,8)9/h5-6,10,14H,3-4H2,1-2H3;6H2,1-5H3,(H2,11,12,13,14,15);4H,1-2H2,(H,5,6)(H2,7,8,9). The van der Waals surface area contributed by atoms with Gasteiger partial charge in [0.2, 0.25) is 11.9 Å². The van der Waals surface area contributed by atoms with E-state index in [1.54, 1.807) is 6.92 Å². The van der Waals surface area contributed by atoms with Gasteiger partial charge in [-0.3, -0.25) is 19.5 Å². The van der Waals surface area contributed by atoms with Crippen LogP contribution in [-0.4, -0.2) is 99.3 Å². The van der Waals surface area contributed by atoms with E-state index in [4.69, 9.17) is 42.8 Å². The molecule has 0 saturated heterocycles. The van der Waals surface area contributed by atoms with Gasteiger partial charge in [0.25, 0.3) is 0 Å². The van der Waals surface area contributed by atoms with E-state index in [0.717, 1.165) is 23.8 Å². The molecule has 24 heteroatoms. The lowest BCUT2D eigenvalue weighted by Gasteiger charge is -2.20. The summed E-state index contributed by atoms with van der Waals surface area (Å²) in [5.74, 6) is -1.83. The lowest BCUT2D eigenvalue weighted by Crippen LogP contribution is -2.27. The van der Waals surface area contributed by atoms with Gasteiger partial charge >= 0.3 is 31.8 Å². The number of aryl methyl sites for hydroxylation is 1. The molecule has 2 aromatic heterocycles. The molecule has 0 spiro atoms. The third-order valence-electron chi connectivity index (χ3n) is 5.67. The predicted octanol–water partition coefficient (Wildman–Crippen LogP) is 4.27. The minimum atomic E-state index is -4.10. The van der Waals surface area contributed by atoms with Crippen molar-refractivity contribution in [1.29, 1.82) is 0 Å². The van der Waals surface area contributed by atoms with Crippen molar-refractivity contribution in [2.24, 2.45) is 0 Å². The summed E-state index contributed by atoms with van der Waals surface area (Å²) in [4.78, 5) is 62.7. The maximum absolute atomic E-state index is 14.2. The number of ether oxygens (including phenoxy) is 1. The Hall–Kier alpha value is -3.46. The number of aromatic nitrogens is 6. The Bertz CT molecular complexity index is 1760. The van der Waals surface area contributed by atoms with Gasteiger partial charge in [0.05, 0.1) is 19.4 Å². The van der Waals surface area contributed by atoms with Crippen LogP contribution in [0.2, 0.25) is 5.02 Å². The number of carbonyl (C=O) groups is 2. The number of halogens is 5. The number of nitrogens with one attached hydrogen (secondary N) is 3. The monoisotopic (exact) mass is 821 g/mol. The van der Waals surface area contributed by atoms with Crippen LogP contribution in [0.25, 0.3) is 5.69 Å². The Balaban J connectivity index is 0.000000441. The second-order valence-electron chi connectivity index (χ2n) is 11.2. The van der Waals surface area contributed by atoms with Gasteiger partial charge in [-0.25, -0.2) is 13.8 Å². The van der Waals surface area contributed by atoms with Gasteiger partial charge in [-0.2, -0.15) is 28.4 Å². The van der Waals surface area contributed by atoms with Crippen LogP contribution < -0.4 is 21.6 Å². The molecule has 52 heavy (non-hydrogen) atoms. The summed E-state index contributed by atoms with van der Waals surface area (Å²) in [6, 6.07) is 2.03. The van der Waals surface area contributed by atoms with Crippen molar-refractivity contribution in [1.82, 2.24) is 34.6 Å². The molecule has 0 saturated carbocycles. The number of esters is 1. The molecule has 0 amide bonds. The molecule has 0 radical (unpaired) electrons. The van der Waals surface area contributed by atoms with Crippen LogP contribution in [0, 0.1) is 12.7 Å². The number of thioether (sulfide) groups is 1. The van der Waals surface area contributed by atoms with Crippen molar-refractivity contribution >= 4 is 66.4 Å². The van der Waals surface area contributed by atoms with E-state index in [0.29, 0.717) is 16.6 Å². The summed E-state index contributed by atoms with van der Waals surface area (Å²) in [5, 5.41) is 19.6. The summed E-state index contributed by atoms with van der Waals surface area (Å²) in [7, 11) is -4.10. The van der Waals surface area contributed by atoms with E-state index in [-0.39, 0.29) is 45.2 Å². The Morgan fingerprint density at radius 2 is 1.75 bits per heavy atom. The van der Waals surface area contributed by atoms with Crippen LogP contribution in [0.4, 0.5) is 25.1 Å². The molecular formula is C28H41Cl2F3N9O8PS. The van der Waals surface area contributed by atoms with E-state index < -0.39 is 55.8 Å². The van der Waals surface area contributed by atoms with E-state index in [9.17, 15) is 32.1 Å². The average Bonchev–Trinajstić information content (AvgIpc) is 3.30. The van der Waals surface area contributed by atoms with Gasteiger partial charge in [0.15, 0.2) is 11.0 Å². The van der Waals surface area contributed by atoms with Crippen molar-refractivity contribution in [2.75, 3.05) is 42.9 Å². The molecule has 0 aliphatic heterocycles. The molecular weight excluding hydrogens is 781 g/mol. The van der Waals surface area contributed by atoms with Gasteiger partial charge in [0, 0.05) is 23.5 Å². The summed E-state index contributed by atoms with van der Waals surface area (Å²) in [6.07, 6.45) is 1.24. The fraction of sp³-hybridized carbons (Fsp3) is 0.536. The highest BCUT2D eigenvalue weighted by atomic mass is 35.5. The lowest BCUT2D eigenvalue weighted by atomic mass is 10.1. The maximum Gasteiger partial charge on any atom is 0.355 e. The van der Waals surface area contributed by atoms with Gasteiger partial charge < -0.3 is 30.3 Å². The zero-order valence-corrected chi connectivity index (χ0v) is 32.4. The minimum Gasteiger partial charge on any atom is -0.480 e. The van der Waals surface area contributed by atoms with Gasteiger partial charge in [-0.1, -0.05) is 23.4 Å².